The fourth-order valence-electron chi connectivity index (χ4n) is 3.49. The molecular weight excluding hydrogens is 442 g/mol. The van der Waals surface area contributed by atoms with Crippen LogP contribution in [0.3, 0.4) is 0 Å². The van der Waals surface area contributed by atoms with Crippen LogP contribution in [0.25, 0.3) is 21.5 Å². The first-order valence-electron chi connectivity index (χ1n) is 9.96. The summed E-state index contributed by atoms with van der Waals surface area (Å²) in [5.74, 6) is 0.745. The summed E-state index contributed by atoms with van der Waals surface area (Å²) in [6.07, 6.45) is 3.21. The van der Waals surface area contributed by atoms with E-state index in [0.717, 1.165) is 37.7 Å². The molecule has 0 aliphatic rings. The Morgan fingerprint density at radius 2 is 2.00 bits per heavy atom. The number of carbonyl (C=O) groups excluding carboxylic acids is 1. The number of nitrogens with one attached hydrogen (secondary N) is 2. The van der Waals surface area contributed by atoms with Gasteiger partial charge in [-0.15, -0.1) is 11.3 Å². The fourth-order valence-corrected chi connectivity index (χ4v) is 4.32. The van der Waals surface area contributed by atoms with Crippen molar-refractivity contribution in [2.75, 3.05) is 18.9 Å². The summed E-state index contributed by atoms with van der Waals surface area (Å²) in [5, 5.41) is 16.2. The zero-order valence-corrected chi connectivity index (χ0v) is 19.6. The van der Waals surface area contributed by atoms with Crippen LogP contribution in [0.5, 0.6) is 0 Å². The number of aliphatic hydroxyl groups excluding tert-OH is 1. The molecule has 3 heterocycles. The van der Waals surface area contributed by atoms with Crippen LogP contribution in [0.4, 0.5) is 5.82 Å². The zero-order valence-electron chi connectivity index (χ0n) is 17.8. The SMILES string of the molecule is CNC(=O)c1ccnc2c([C@H](C)CNc3cc(-c4ccc(CO)s4)ncn3)cccc12.S. The lowest BCUT2D eigenvalue weighted by atomic mass is 9.96. The van der Waals surface area contributed by atoms with Crippen LogP contribution in [0.2, 0.25) is 0 Å². The summed E-state index contributed by atoms with van der Waals surface area (Å²) in [6.45, 7) is 2.79. The van der Waals surface area contributed by atoms with E-state index in [-0.39, 0.29) is 31.9 Å². The fraction of sp³-hybridized carbons (Fsp3) is 0.217. The van der Waals surface area contributed by atoms with Gasteiger partial charge in [-0.2, -0.15) is 13.5 Å². The number of para-hydroxylation sites is 1. The number of amides is 1. The highest BCUT2D eigenvalue weighted by Crippen LogP contribution is 2.29. The van der Waals surface area contributed by atoms with Gasteiger partial charge >= 0.3 is 0 Å². The van der Waals surface area contributed by atoms with Crippen molar-refractivity contribution in [1.29, 1.82) is 0 Å². The van der Waals surface area contributed by atoms with Crippen LogP contribution in [0.1, 0.15) is 33.6 Å². The molecule has 0 fully saturated rings. The van der Waals surface area contributed by atoms with Crippen molar-refractivity contribution in [2.45, 2.75) is 19.4 Å². The van der Waals surface area contributed by atoms with Crippen molar-refractivity contribution in [2.24, 2.45) is 0 Å². The number of fused-ring (bicyclic) bond motifs is 1. The maximum Gasteiger partial charge on any atom is 0.251 e. The van der Waals surface area contributed by atoms with Gasteiger partial charge in [-0.05, 0) is 23.8 Å². The maximum atomic E-state index is 12.2. The number of thiophene rings is 1. The average molecular weight is 468 g/mol. The first-order valence-corrected chi connectivity index (χ1v) is 10.8. The molecule has 4 aromatic rings. The van der Waals surface area contributed by atoms with E-state index in [4.69, 9.17) is 0 Å². The number of nitrogens with zero attached hydrogens (tertiary/aromatic N) is 3. The Labute approximate surface area is 197 Å². The predicted octanol–water partition coefficient (Wildman–Crippen LogP) is 3.93. The highest BCUT2D eigenvalue weighted by Gasteiger charge is 2.15. The zero-order chi connectivity index (χ0) is 21.8. The summed E-state index contributed by atoms with van der Waals surface area (Å²) in [4.78, 5) is 27.3. The normalized spacial score (nSPS) is 11.6. The minimum absolute atomic E-state index is 0. The Balaban J connectivity index is 0.00000289. The molecule has 3 aromatic heterocycles. The molecule has 0 unspecified atom stereocenters. The lowest BCUT2D eigenvalue weighted by Crippen LogP contribution is -2.18. The first kappa shape index (κ1) is 23.6. The molecule has 0 aliphatic heterocycles. The lowest BCUT2D eigenvalue weighted by molar-refractivity contribution is 0.0964. The summed E-state index contributed by atoms with van der Waals surface area (Å²) in [5.41, 5.74) is 3.33. The van der Waals surface area contributed by atoms with Gasteiger partial charge in [0.1, 0.15) is 12.1 Å². The Morgan fingerprint density at radius 3 is 2.75 bits per heavy atom. The molecule has 4 rings (SSSR count). The molecule has 0 saturated carbocycles. The van der Waals surface area contributed by atoms with Gasteiger partial charge in [-0.3, -0.25) is 9.78 Å². The van der Waals surface area contributed by atoms with Crippen LogP contribution >= 0.6 is 24.8 Å². The lowest BCUT2D eigenvalue weighted by Gasteiger charge is -2.16. The van der Waals surface area contributed by atoms with Gasteiger partial charge < -0.3 is 15.7 Å². The molecule has 0 saturated heterocycles. The molecule has 1 amide bonds. The third kappa shape index (κ3) is 4.90. The van der Waals surface area contributed by atoms with Gasteiger partial charge in [0.25, 0.3) is 5.91 Å². The quantitative estimate of drug-likeness (QED) is 0.381. The van der Waals surface area contributed by atoms with E-state index in [1.165, 1.54) is 17.7 Å². The van der Waals surface area contributed by atoms with Crippen LogP contribution in [0.15, 0.2) is 55.0 Å². The number of pyridine rings is 1. The van der Waals surface area contributed by atoms with E-state index in [9.17, 15) is 9.90 Å². The third-order valence-electron chi connectivity index (χ3n) is 5.13. The van der Waals surface area contributed by atoms with E-state index in [2.05, 4.69) is 32.5 Å². The second kappa shape index (κ2) is 10.5. The van der Waals surface area contributed by atoms with Gasteiger partial charge in [0, 0.05) is 42.0 Å². The second-order valence-electron chi connectivity index (χ2n) is 7.18. The molecular formula is C23H25N5O2S2. The van der Waals surface area contributed by atoms with E-state index < -0.39 is 0 Å². The van der Waals surface area contributed by atoms with Crippen molar-refractivity contribution in [3.63, 3.8) is 0 Å². The number of carbonyl (C=O) groups is 1. The first-order chi connectivity index (χ1) is 15.1. The number of aliphatic hydroxyl groups is 1. The summed E-state index contributed by atoms with van der Waals surface area (Å²) in [7, 11) is 1.63. The number of hydrogen-bond donors (Lipinski definition) is 3. The molecule has 0 aliphatic carbocycles. The van der Waals surface area contributed by atoms with Gasteiger partial charge in [0.15, 0.2) is 0 Å². The van der Waals surface area contributed by atoms with Crippen molar-refractivity contribution < 1.29 is 9.90 Å². The molecule has 9 heteroatoms. The van der Waals surface area contributed by atoms with E-state index >= 15 is 0 Å². The molecule has 1 atom stereocenters. The molecule has 7 nitrogen and oxygen atoms in total. The van der Waals surface area contributed by atoms with Crippen molar-refractivity contribution in [3.8, 4) is 10.6 Å². The predicted molar refractivity (Wildman–Crippen MR) is 134 cm³/mol. The molecule has 0 radical (unpaired) electrons. The molecule has 0 bridgehead atoms. The number of anilines is 1. The molecule has 3 N–H and O–H groups in total. The third-order valence-corrected chi connectivity index (χ3v) is 6.22. The Morgan fingerprint density at radius 1 is 1.16 bits per heavy atom. The molecule has 1 aromatic carbocycles. The number of aromatic nitrogens is 3. The molecule has 32 heavy (non-hydrogen) atoms. The van der Waals surface area contributed by atoms with Crippen molar-refractivity contribution >= 4 is 47.5 Å². The standard InChI is InChI=1S/C23H23N5O2S.H2S/c1-14(16-4-3-5-17-18(23(30)24-2)8-9-25-22(16)17)11-26-21-10-19(27-13-28-21)20-7-6-15(12-29)31-20;/h3-10,13-14,29H,11-12H2,1-2H3,(H,24,30)(H,26,27,28);1H2/t14-;/m1./s1. The van der Waals surface area contributed by atoms with Gasteiger partial charge in [0.05, 0.1) is 28.3 Å². The average Bonchev–Trinajstić information content (AvgIpc) is 3.31. The van der Waals surface area contributed by atoms with Gasteiger partial charge in [-0.25, -0.2) is 9.97 Å². The maximum absolute atomic E-state index is 12.2. The van der Waals surface area contributed by atoms with Crippen LogP contribution in [-0.2, 0) is 6.61 Å². The minimum Gasteiger partial charge on any atom is -0.391 e. The van der Waals surface area contributed by atoms with Crippen molar-refractivity contribution in [3.05, 3.63) is 71.0 Å². The van der Waals surface area contributed by atoms with Gasteiger partial charge in [0.2, 0.25) is 0 Å². The monoisotopic (exact) mass is 467 g/mol. The number of hydrogen-bond acceptors (Lipinski definition) is 7. The Hall–Kier alpha value is -3.01. The number of benzene rings is 1. The van der Waals surface area contributed by atoms with Crippen LogP contribution in [-0.4, -0.2) is 39.6 Å². The van der Waals surface area contributed by atoms with Crippen LogP contribution in [0, 0.1) is 0 Å². The summed E-state index contributed by atoms with van der Waals surface area (Å²) < 4.78 is 0. The van der Waals surface area contributed by atoms with Gasteiger partial charge in [-0.1, -0.05) is 25.1 Å². The number of rotatable bonds is 7. The second-order valence-corrected chi connectivity index (χ2v) is 8.34. The highest BCUT2D eigenvalue weighted by molar-refractivity contribution is 7.59. The largest absolute Gasteiger partial charge is 0.391 e. The molecule has 166 valence electrons. The van der Waals surface area contributed by atoms with E-state index in [1.54, 1.807) is 19.3 Å². The highest BCUT2D eigenvalue weighted by atomic mass is 32.1. The Kier molecular flexibility index (Phi) is 7.79. The summed E-state index contributed by atoms with van der Waals surface area (Å²) in [6, 6.07) is 13.4. The van der Waals surface area contributed by atoms with E-state index in [1.807, 2.05) is 36.4 Å². The van der Waals surface area contributed by atoms with E-state index in [0.29, 0.717) is 12.1 Å². The molecule has 0 spiro atoms. The summed E-state index contributed by atoms with van der Waals surface area (Å²) >= 11 is 1.51. The van der Waals surface area contributed by atoms with Crippen LogP contribution < -0.4 is 10.6 Å². The minimum atomic E-state index is -0.123. The van der Waals surface area contributed by atoms with Crippen molar-refractivity contribution in [1.82, 2.24) is 20.3 Å². The topological polar surface area (TPSA) is 100 Å². The smallest absolute Gasteiger partial charge is 0.251 e. The Bertz CT molecular complexity index is 1230.